The molecule has 1 N–H and O–H groups in total. The van der Waals surface area contributed by atoms with Crippen LogP contribution in [0.1, 0.15) is 35.7 Å². The summed E-state index contributed by atoms with van der Waals surface area (Å²) >= 11 is 0. The van der Waals surface area contributed by atoms with Crippen molar-refractivity contribution >= 4 is 5.91 Å². The standard InChI is InChI=1S/C21H25NO3/c1-2-5-19-15-25-13-12-22(19)21(24)17-10-8-16(9-11-17)20-7-4-3-6-18(20)14-23/h3-4,6-11,19,23H,2,5,12-15H2,1H3/t19-/m0/s1. The molecule has 2 aromatic carbocycles. The van der Waals surface area contributed by atoms with Crippen LogP contribution >= 0.6 is 0 Å². The van der Waals surface area contributed by atoms with E-state index in [9.17, 15) is 9.90 Å². The van der Waals surface area contributed by atoms with Crippen LogP contribution in [-0.2, 0) is 11.3 Å². The van der Waals surface area contributed by atoms with Gasteiger partial charge in [0.1, 0.15) is 0 Å². The lowest BCUT2D eigenvalue weighted by Gasteiger charge is -2.35. The highest BCUT2D eigenvalue weighted by molar-refractivity contribution is 5.95. The highest BCUT2D eigenvalue weighted by Gasteiger charge is 2.27. The van der Waals surface area contributed by atoms with Crippen LogP contribution < -0.4 is 0 Å². The van der Waals surface area contributed by atoms with Crippen LogP contribution in [0.4, 0.5) is 0 Å². The van der Waals surface area contributed by atoms with E-state index in [4.69, 9.17) is 4.74 Å². The van der Waals surface area contributed by atoms with Gasteiger partial charge in [-0.05, 0) is 35.2 Å². The topological polar surface area (TPSA) is 49.8 Å². The molecular weight excluding hydrogens is 314 g/mol. The first-order valence-electron chi connectivity index (χ1n) is 8.92. The van der Waals surface area contributed by atoms with Gasteiger partial charge in [0, 0.05) is 12.1 Å². The minimum Gasteiger partial charge on any atom is -0.392 e. The number of nitrogens with zero attached hydrogens (tertiary/aromatic N) is 1. The highest BCUT2D eigenvalue weighted by Crippen LogP contribution is 2.25. The van der Waals surface area contributed by atoms with E-state index in [2.05, 4.69) is 6.92 Å². The summed E-state index contributed by atoms with van der Waals surface area (Å²) < 4.78 is 5.54. The summed E-state index contributed by atoms with van der Waals surface area (Å²) in [7, 11) is 0. The molecule has 0 aromatic heterocycles. The van der Waals surface area contributed by atoms with Gasteiger partial charge in [0.05, 0.1) is 25.9 Å². The molecule has 0 unspecified atom stereocenters. The third-order valence-corrected chi connectivity index (χ3v) is 4.74. The second-order valence-electron chi connectivity index (χ2n) is 6.41. The van der Waals surface area contributed by atoms with Gasteiger partial charge >= 0.3 is 0 Å². The van der Waals surface area contributed by atoms with E-state index in [0.717, 1.165) is 29.5 Å². The number of morpholine rings is 1. The summed E-state index contributed by atoms with van der Waals surface area (Å²) in [5, 5.41) is 9.50. The second-order valence-corrected chi connectivity index (χ2v) is 6.41. The molecule has 132 valence electrons. The van der Waals surface area contributed by atoms with Crippen molar-refractivity contribution in [1.29, 1.82) is 0 Å². The van der Waals surface area contributed by atoms with Crippen molar-refractivity contribution in [3.8, 4) is 11.1 Å². The molecule has 1 fully saturated rings. The van der Waals surface area contributed by atoms with Crippen molar-refractivity contribution in [2.75, 3.05) is 19.8 Å². The van der Waals surface area contributed by atoms with Gasteiger partial charge < -0.3 is 14.7 Å². The van der Waals surface area contributed by atoms with Crippen LogP contribution in [0.3, 0.4) is 0 Å². The summed E-state index contributed by atoms with van der Waals surface area (Å²) in [6.07, 6.45) is 2.00. The Morgan fingerprint density at radius 1 is 1.20 bits per heavy atom. The maximum atomic E-state index is 12.9. The summed E-state index contributed by atoms with van der Waals surface area (Å²) in [6, 6.07) is 15.6. The van der Waals surface area contributed by atoms with Gasteiger partial charge in [0.15, 0.2) is 0 Å². The molecular formula is C21H25NO3. The Balaban J connectivity index is 1.80. The van der Waals surface area contributed by atoms with Crippen LogP contribution in [0.2, 0.25) is 0 Å². The molecule has 1 heterocycles. The first-order valence-corrected chi connectivity index (χ1v) is 8.92. The van der Waals surface area contributed by atoms with E-state index in [1.165, 1.54) is 0 Å². The molecule has 1 atom stereocenters. The number of aliphatic hydroxyl groups is 1. The quantitative estimate of drug-likeness (QED) is 0.907. The van der Waals surface area contributed by atoms with Crippen molar-refractivity contribution in [1.82, 2.24) is 4.90 Å². The molecule has 0 radical (unpaired) electrons. The van der Waals surface area contributed by atoms with E-state index < -0.39 is 0 Å². The first kappa shape index (κ1) is 17.6. The zero-order valence-corrected chi connectivity index (χ0v) is 14.6. The van der Waals surface area contributed by atoms with Crippen molar-refractivity contribution < 1.29 is 14.6 Å². The van der Waals surface area contributed by atoms with Crippen LogP contribution in [-0.4, -0.2) is 41.7 Å². The lowest BCUT2D eigenvalue weighted by Crippen LogP contribution is -2.48. The summed E-state index contributed by atoms with van der Waals surface area (Å²) in [4.78, 5) is 14.8. The number of benzene rings is 2. The van der Waals surface area contributed by atoms with Crippen molar-refractivity contribution in [2.24, 2.45) is 0 Å². The fourth-order valence-corrected chi connectivity index (χ4v) is 3.39. The number of carbonyl (C=O) groups excluding carboxylic acids is 1. The second kappa shape index (κ2) is 8.28. The van der Waals surface area contributed by atoms with E-state index >= 15 is 0 Å². The van der Waals surface area contributed by atoms with Crippen molar-refractivity contribution in [3.05, 3.63) is 59.7 Å². The molecule has 0 bridgehead atoms. The van der Waals surface area contributed by atoms with Crippen LogP contribution in [0, 0.1) is 0 Å². The van der Waals surface area contributed by atoms with E-state index in [1.54, 1.807) is 0 Å². The lowest BCUT2D eigenvalue weighted by molar-refractivity contribution is -0.00433. The molecule has 2 aromatic rings. The number of carbonyl (C=O) groups is 1. The molecule has 1 amide bonds. The maximum absolute atomic E-state index is 12.9. The number of aliphatic hydroxyl groups excluding tert-OH is 1. The monoisotopic (exact) mass is 339 g/mol. The minimum atomic E-state index is 0.00330. The number of hydrogen-bond donors (Lipinski definition) is 1. The molecule has 1 saturated heterocycles. The van der Waals surface area contributed by atoms with E-state index in [1.807, 2.05) is 53.4 Å². The number of rotatable bonds is 5. The lowest BCUT2D eigenvalue weighted by atomic mass is 9.98. The summed E-state index contributed by atoms with van der Waals surface area (Å²) in [5.74, 6) is 0.0729. The highest BCUT2D eigenvalue weighted by atomic mass is 16.5. The normalized spacial score (nSPS) is 17.5. The molecule has 1 aliphatic rings. The Morgan fingerprint density at radius 3 is 2.68 bits per heavy atom. The average Bonchev–Trinajstić information content (AvgIpc) is 2.68. The predicted octanol–water partition coefficient (Wildman–Crippen LogP) is 3.49. The molecule has 4 heteroatoms. The molecule has 25 heavy (non-hydrogen) atoms. The Hall–Kier alpha value is -2.17. The van der Waals surface area contributed by atoms with Gasteiger partial charge in [-0.25, -0.2) is 0 Å². The molecule has 0 spiro atoms. The van der Waals surface area contributed by atoms with Gasteiger partial charge in [0.25, 0.3) is 5.91 Å². The third kappa shape index (κ3) is 3.91. The SMILES string of the molecule is CCC[C@H]1COCCN1C(=O)c1ccc(-c2ccccc2CO)cc1. The molecule has 0 aliphatic carbocycles. The summed E-state index contributed by atoms with van der Waals surface area (Å²) in [5.41, 5.74) is 3.60. The van der Waals surface area contributed by atoms with Gasteiger partial charge in [0.2, 0.25) is 0 Å². The van der Waals surface area contributed by atoms with Gasteiger partial charge in [-0.3, -0.25) is 4.79 Å². The molecule has 4 nitrogen and oxygen atoms in total. The fraction of sp³-hybridized carbons (Fsp3) is 0.381. The number of amides is 1. The maximum Gasteiger partial charge on any atom is 0.254 e. The molecule has 3 rings (SSSR count). The fourth-order valence-electron chi connectivity index (χ4n) is 3.39. The number of hydrogen-bond acceptors (Lipinski definition) is 3. The Labute approximate surface area is 149 Å². The van der Waals surface area contributed by atoms with Crippen LogP contribution in [0.25, 0.3) is 11.1 Å². The average molecular weight is 339 g/mol. The van der Waals surface area contributed by atoms with E-state index in [0.29, 0.717) is 25.3 Å². The Morgan fingerprint density at radius 2 is 1.96 bits per heavy atom. The first-order chi connectivity index (χ1) is 12.2. The zero-order valence-electron chi connectivity index (χ0n) is 14.6. The largest absolute Gasteiger partial charge is 0.392 e. The minimum absolute atomic E-state index is 0.00330. The predicted molar refractivity (Wildman–Crippen MR) is 98.4 cm³/mol. The van der Waals surface area contributed by atoms with Crippen LogP contribution in [0.5, 0.6) is 0 Å². The Bertz CT molecular complexity index is 709. The summed E-state index contributed by atoms with van der Waals surface area (Å²) in [6.45, 7) is 4.02. The van der Waals surface area contributed by atoms with Crippen molar-refractivity contribution in [2.45, 2.75) is 32.4 Å². The Kier molecular flexibility index (Phi) is 5.84. The van der Waals surface area contributed by atoms with Gasteiger partial charge in [-0.15, -0.1) is 0 Å². The third-order valence-electron chi connectivity index (χ3n) is 4.74. The van der Waals surface area contributed by atoms with Crippen LogP contribution in [0.15, 0.2) is 48.5 Å². The van der Waals surface area contributed by atoms with Gasteiger partial charge in [-0.1, -0.05) is 49.7 Å². The molecule has 0 saturated carbocycles. The number of ether oxygens (including phenoxy) is 1. The smallest absolute Gasteiger partial charge is 0.254 e. The van der Waals surface area contributed by atoms with E-state index in [-0.39, 0.29) is 18.6 Å². The zero-order chi connectivity index (χ0) is 17.6. The van der Waals surface area contributed by atoms with Gasteiger partial charge in [-0.2, -0.15) is 0 Å². The van der Waals surface area contributed by atoms with Crippen molar-refractivity contribution in [3.63, 3.8) is 0 Å². The molecule has 1 aliphatic heterocycles.